The Morgan fingerprint density at radius 3 is 2.60 bits per heavy atom. The average Bonchev–Trinajstić information content (AvgIpc) is 2.47. The number of hydrogen-bond acceptors (Lipinski definition) is 3. The Labute approximate surface area is 118 Å². The number of aromatic nitrogens is 1. The van der Waals surface area contributed by atoms with Crippen molar-refractivity contribution >= 4 is 16.6 Å². The molecule has 0 saturated heterocycles. The smallest absolute Gasteiger partial charge is 0.131 e. The van der Waals surface area contributed by atoms with Gasteiger partial charge in [0.25, 0.3) is 0 Å². The zero-order valence-electron chi connectivity index (χ0n) is 11.6. The molecule has 0 radical (unpaired) electrons. The first-order chi connectivity index (χ1) is 9.69. The van der Waals surface area contributed by atoms with Crippen LogP contribution in [0.5, 0.6) is 5.75 Å². The van der Waals surface area contributed by atoms with Crippen molar-refractivity contribution in [1.29, 1.82) is 0 Å². The van der Waals surface area contributed by atoms with Crippen molar-refractivity contribution in [2.75, 3.05) is 12.8 Å². The second-order valence-corrected chi connectivity index (χ2v) is 4.79. The normalized spacial score (nSPS) is 10.7. The number of benzene rings is 2. The van der Waals surface area contributed by atoms with E-state index < -0.39 is 0 Å². The minimum atomic E-state index is 0.545. The quantitative estimate of drug-likeness (QED) is 0.765. The minimum Gasteiger partial charge on any atom is -0.497 e. The van der Waals surface area contributed by atoms with Crippen LogP contribution in [0.2, 0.25) is 0 Å². The third-order valence-corrected chi connectivity index (χ3v) is 3.49. The summed E-state index contributed by atoms with van der Waals surface area (Å²) in [6.45, 7) is 2.07. The van der Waals surface area contributed by atoms with E-state index in [2.05, 4.69) is 30.1 Å². The molecule has 0 unspecified atom stereocenters. The van der Waals surface area contributed by atoms with E-state index in [9.17, 15) is 0 Å². The summed E-state index contributed by atoms with van der Waals surface area (Å²) in [5.74, 6) is 1.36. The molecule has 2 N–H and O–H groups in total. The van der Waals surface area contributed by atoms with Crippen LogP contribution >= 0.6 is 0 Å². The van der Waals surface area contributed by atoms with Crippen molar-refractivity contribution in [3.63, 3.8) is 0 Å². The molecule has 2 aromatic carbocycles. The summed E-state index contributed by atoms with van der Waals surface area (Å²) in [5.41, 5.74) is 9.26. The first-order valence-electron chi connectivity index (χ1n) is 6.49. The summed E-state index contributed by atoms with van der Waals surface area (Å²) in [6, 6.07) is 16.0. The first kappa shape index (κ1) is 12.5. The number of nitrogens with two attached hydrogens (primary N) is 1. The van der Waals surface area contributed by atoms with Gasteiger partial charge in [0.15, 0.2) is 0 Å². The van der Waals surface area contributed by atoms with E-state index in [1.807, 2.05) is 30.3 Å². The van der Waals surface area contributed by atoms with Crippen LogP contribution in [0.15, 0.2) is 48.5 Å². The Kier molecular flexibility index (Phi) is 3.03. The van der Waals surface area contributed by atoms with Crippen molar-refractivity contribution < 1.29 is 4.74 Å². The number of nitrogen functional groups attached to an aromatic ring is 1. The van der Waals surface area contributed by atoms with Gasteiger partial charge < -0.3 is 10.5 Å². The predicted molar refractivity (Wildman–Crippen MR) is 82.9 cm³/mol. The molecule has 1 aromatic heterocycles. The Morgan fingerprint density at radius 2 is 1.85 bits per heavy atom. The number of aryl methyl sites for hydroxylation is 1. The summed E-state index contributed by atoms with van der Waals surface area (Å²) in [6.07, 6.45) is 0. The lowest BCUT2D eigenvalue weighted by Crippen LogP contribution is -1.96. The molecule has 0 bridgehead atoms. The summed E-state index contributed by atoms with van der Waals surface area (Å²) < 4.78 is 5.27. The Bertz CT molecular complexity index is 781. The van der Waals surface area contributed by atoms with Gasteiger partial charge >= 0.3 is 0 Å². The molecule has 3 rings (SSSR count). The van der Waals surface area contributed by atoms with Gasteiger partial charge in [-0.3, -0.25) is 0 Å². The molecular weight excluding hydrogens is 248 g/mol. The molecule has 1 heterocycles. The summed E-state index contributed by atoms with van der Waals surface area (Å²) >= 11 is 0. The van der Waals surface area contributed by atoms with Crippen LogP contribution in [0.3, 0.4) is 0 Å². The molecule has 0 aliphatic rings. The Balaban J connectivity index is 2.25. The lowest BCUT2D eigenvalue weighted by molar-refractivity contribution is 0.415. The fourth-order valence-electron chi connectivity index (χ4n) is 2.39. The highest BCUT2D eigenvalue weighted by Gasteiger charge is 2.08. The molecule has 3 aromatic rings. The maximum atomic E-state index is 6.08. The maximum Gasteiger partial charge on any atom is 0.131 e. The fraction of sp³-hybridized carbons (Fsp3) is 0.118. The van der Waals surface area contributed by atoms with Gasteiger partial charge in [-0.2, -0.15) is 0 Å². The van der Waals surface area contributed by atoms with Crippen LogP contribution in [0.1, 0.15) is 5.56 Å². The molecule has 0 amide bonds. The van der Waals surface area contributed by atoms with Gasteiger partial charge in [-0.05, 0) is 42.1 Å². The molecule has 0 fully saturated rings. The molecule has 3 heteroatoms. The zero-order valence-corrected chi connectivity index (χ0v) is 11.6. The third-order valence-electron chi connectivity index (χ3n) is 3.49. The van der Waals surface area contributed by atoms with Crippen LogP contribution < -0.4 is 10.5 Å². The largest absolute Gasteiger partial charge is 0.497 e. The number of rotatable bonds is 2. The minimum absolute atomic E-state index is 0.545. The number of ether oxygens (including phenoxy) is 1. The average molecular weight is 264 g/mol. The fourth-order valence-corrected chi connectivity index (χ4v) is 2.39. The summed E-state index contributed by atoms with van der Waals surface area (Å²) in [5, 5.41) is 1.98. The van der Waals surface area contributed by atoms with Crippen LogP contribution in [0.4, 0.5) is 5.82 Å². The maximum absolute atomic E-state index is 6.08. The lowest BCUT2D eigenvalue weighted by Gasteiger charge is -2.09. The Hall–Kier alpha value is -2.55. The van der Waals surface area contributed by atoms with Gasteiger partial charge in [-0.25, -0.2) is 4.98 Å². The van der Waals surface area contributed by atoms with E-state index in [1.165, 1.54) is 5.56 Å². The van der Waals surface area contributed by atoms with Crippen LogP contribution in [0.25, 0.3) is 22.0 Å². The number of pyridine rings is 1. The van der Waals surface area contributed by atoms with Crippen LogP contribution in [0, 0.1) is 6.92 Å². The highest BCUT2D eigenvalue weighted by atomic mass is 16.5. The molecule has 3 nitrogen and oxygen atoms in total. The van der Waals surface area contributed by atoms with Gasteiger partial charge in [-0.1, -0.05) is 24.3 Å². The lowest BCUT2D eigenvalue weighted by atomic mass is 10.0. The SMILES string of the molecule is COc1ccc2c(N)nc(-c3ccccc3C)cc2c1. The van der Waals surface area contributed by atoms with Gasteiger partial charge in [0.05, 0.1) is 12.8 Å². The van der Waals surface area contributed by atoms with Gasteiger partial charge in [-0.15, -0.1) is 0 Å². The van der Waals surface area contributed by atoms with E-state index >= 15 is 0 Å². The molecule has 0 spiro atoms. The molecule has 0 saturated carbocycles. The van der Waals surface area contributed by atoms with E-state index in [4.69, 9.17) is 10.5 Å². The van der Waals surface area contributed by atoms with Crippen molar-refractivity contribution in [2.45, 2.75) is 6.92 Å². The van der Waals surface area contributed by atoms with E-state index in [-0.39, 0.29) is 0 Å². The third kappa shape index (κ3) is 2.07. The molecule has 20 heavy (non-hydrogen) atoms. The monoisotopic (exact) mass is 264 g/mol. The Morgan fingerprint density at radius 1 is 1.05 bits per heavy atom. The van der Waals surface area contributed by atoms with Crippen LogP contribution in [-0.2, 0) is 0 Å². The molecule has 0 aliphatic carbocycles. The van der Waals surface area contributed by atoms with E-state index in [0.717, 1.165) is 27.8 Å². The molecule has 0 aliphatic heterocycles. The van der Waals surface area contributed by atoms with Crippen molar-refractivity contribution in [3.8, 4) is 17.0 Å². The summed E-state index contributed by atoms with van der Waals surface area (Å²) in [4.78, 5) is 4.52. The number of methoxy groups -OCH3 is 1. The topological polar surface area (TPSA) is 48.1 Å². The van der Waals surface area contributed by atoms with Gasteiger partial charge in [0.1, 0.15) is 11.6 Å². The first-order valence-corrected chi connectivity index (χ1v) is 6.49. The highest BCUT2D eigenvalue weighted by Crippen LogP contribution is 2.30. The molecule has 0 atom stereocenters. The predicted octanol–water partition coefficient (Wildman–Crippen LogP) is 3.80. The number of nitrogens with zero attached hydrogens (tertiary/aromatic N) is 1. The van der Waals surface area contributed by atoms with Crippen molar-refractivity contribution in [1.82, 2.24) is 4.98 Å². The van der Waals surface area contributed by atoms with Gasteiger partial charge in [0, 0.05) is 10.9 Å². The number of anilines is 1. The highest BCUT2D eigenvalue weighted by molar-refractivity contribution is 5.94. The van der Waals surface area contributed by atoms with Crippen molar-refractivity contribution in [3.05, 3.63) is 54.1 Å². The zero-order chi connectivity index (χ0) is 14.1. The van der Waals surface area contributed by atoms with Gasteiger partial charge in [0.2, 0.25) is 0 Å². The molecular formula is C17H16N2O. The molecule has 100 valence electrons. The standard InChI is InChI=1S/C17H16N2O/c1-11-5-3-4-6-14(11)16-10-12-9-13(20-2)7-8-15(12)17(18)19-16/h3-10H,1-2H3,(H2,18,19). The van der Waals surface area contributed by atoms with E-state index in [1.54, 1.807) is 7.11 Å². The second-order valence-electron chi connectivity index (χ2n) is 4.79. The summed E-state index contributed by atoms with van der Waals surface area (Å²) in [7, 11) is 1.66. The van der Waals surface area contributed by atoms with Crippen molar-refractivity contribution in [2.24, 2.45) is 0 Å². The second kappa shape index (κ2) is 4.85. The number of fused-ring (bicyclic) bond motifs is 1. The van der Waals surface area contributed by atoms with Crippen LogP contribution in [-0.4, -0.2) is 12.1 Å². The number of hydrogen-bond donors (Lipinski definition) is 1. The van der Waals surface area contributed by atoms with E-state index in [0.29, 0.717) is 5.82 Å².